The molecular formula is C21H38IN3O3S. The van der Waals surface area contributed by atoms with Crippen molar-refractivity contribution in [2.75, 3.05) is 25.6 Å². The summed E-state index contributed by atoms with van der Waals surface area (Å²) < 4.78 is 28.9. The Morgan fingerprint density at radius 3 is 2.48 bits per heavy atom. The highest BCUT2D eigenvalue weighted by Gasteiger charge is 2.20. The molecular weight excluding hydrogens is 501 g/mol. The number of benzene rings is 1. The molecule has 0 saturated carbocycles. The van der Waals surface area contributed by atoms with Gasteiger partial charge in [-0.2, -0.15) is 0 Å². The van der Waals surface area contributed by atoms with Gasteiger partial charge in [-0.05, 0) is 43.7 Å². The Balaban J connectivity index is 0.00000784. The number of rotatable bonds is 10. The number of aliphatic imine (C=N–C) groups is 1. The summed E-state index contributed by atoms with van der Waals surface area (Å²) in [6.07, 6.45) is 2.99. The zero-order chi connectivity index (χ0) is 21.4. The van der Waals surface area contributed by atoms with Gasteiger partial charge in [-0.15, -0.1) is 24.0 Å². The lowest BCUT2D eigenvalue weighted by Gasteiger charge is -2.26. The third-order valence-electron chi connectivity index (χ3n) is 4.68. The van der Waals surface area contributed by atoms with Gasteiger partial charge in [-0.3, -0.25) is 4.99 Å². The largest absolute Gasteiger partial charge is 0.490 e. The number of sulfone groups is 1. The van der Waals surface area contributed by atoms with Crippen molar-refractivity contribution in [3.8, 4) is 5.75 Å². The summed E-state index contributed by atoms with van der Waals surface area (Å²) >= 11 is 0. The second-order valence-electron chi connectivity index (χ2n) is 8.27. The van der Waals surface area contributed by atoms with Crippen LogP contribution in [0.3, 0.4) is 0 Å². The van der Waals surface area contributed by atoms with Gasteiger partial charge >= 0.3 is 0 Å². The standard InChI is InChI=1S/C21H37N3O3S.HI/c1-8-17(3)27-19-13-16(2)9-10-18(19)14-23-20(22-6)24-15-21(4,5)11-12-28(7,25)26;/h9-10,13,17H,8,11-12,14-15H2,1-7H3,(H2,22,23,24);1H. The van der Waals surface area contributed by atoms with Crippen LogP contribution >= 0.6 is 24.0 Å². The average Bonchev–Trinajstić information content (AvgIpc) is 2.61. The molecule has 1 atom stereocenters. The molecule has 0 amide bonds. The number of ether oxygens (including phenoxy) is 1. The lowest BCUT2D eigenvalue weighted by atomic mass is 9.90. The number of aryl methyl sites for hydroxylation is 1. The Morgan fingerprint density at radius 1 is 1.28 bits per heavy atom. The second kappa shape index (κ2) is 12.6. The molecule has 0 fully saturated rings. The topological polar surface area (TPSA) is 79.8 Å². The van der Waals surface area contributed by atoms with E-state index in [4.69, 9.17) is 4.74 Å². The Kier molecular flexibility index (Phi) is 12.2. The van der Waals surface area contributed by atoms with Gasteiger partial charge in [-0.1, -0.05) is 32.9 Å². The van der Waals surface area contributed by atoms with Gasteiger partial charge in [0.05, 0.1) is 11.9 Å². The fraction of sp³-hybridized carbons (Fsp3) is 0.667. The molecule has 0 aliphatic rings. The third-order valence-corrected chi connectivity index (χ3v) is 5.63. The SMILES string of the molecule is CCC(C)Oc1cc(C)ccc1CNC(=NC)NCC(C)(C)CCS(C)(=O)=O.I. The average molecular weight is 540 g/mol. The monoisotopic (exact) mass is 539 g/mol. The number of guanidine groups is 1. The lowest BCUT2D eigenvalue weighted by molar-refractivity contribution is 0.215. The van der Waals surface area contributed by atoms with Crippen LogP contribution in [-0.2, 0) is 16.4 Å². The molecule has 0 saturated heterocycles. The first kappa shape index (κ1) is 28.0. The molecule has 0 bridgehead atoms. The smallest absolute Gasteiger partial charge is 0.191 e. The van der Waals surface area contributed by atoms with Gasteiger partial charge in [0, 0.05) is 32.0 Å². The van der Waals surface area contributed by atoms with Gasteiger partial charge in [0.2, 0.25) is 0 Å². The summed E-state index contributed by atoms with van der Waals surface area (Å²) in [5.41, 5.74) is 2.08. The van der Waals surface area contributed by atoms with Crippen LogP contribution in [0.25, 0.3) is 0 Å². The minimum Gasteiger partial charge on any atom is -0.490 e. The Labute approximate surface area is 194 Å². The number of hydrogen-bond acceptors (Lipinski definition) is 4. The van der Waals surface area contributed by atoms with E-state index in [2.05, 4.69) is 68.4 Å². The van der Waals surface area contributed by atoms with E-state index in [0.717, 1.165) is 23.3 Å². The molecule has 6 nitrogen and oxygen atoms in total. The van der Waals surface area contributed by atoms with Crippen LogP contribution in [0.2, 0.25) is 0 Å². The van der Waals surface area contributed by atoms with Crippen molar-refractivity contribution in [3.05, 3.63) is 29.3 Å². The number of halogens is 1. The van der Waals surface area contributed by atoms with Gasteiger partial charge in [0.25, 0.3) is 0 Å². The van der Waals surface area contributed by atoms with Crippen molar-refractivity contribution >= 4 is 39.8 Å². The molecule has 0 heterocycles. The van der Waals surface area contributed by atoms with E-state index in [0.29, 0.717) is 25.5 Å². The maximum Gasteiger partial charge on any atom is 0.191 e. The Hall–Kier alpha value is -1.03. The first-order valence-corrected chi connectivity index (χ1v) is 11.9. The molecule has 1 aromatic carbocycles. The summed E-state index contributed by atoms with van der Waals surface area (Å²) in [6.45, 7) is 11.6. The number of hydrogen-bond donors (Lipinski definition) is 2. The highest BCUT2D eigenvalue weighted by atomic mass is 127. The highest BCUT2D eigenvalue weighted by molar-refractivity contribution is 14.0. The maximum absolute atomic E-state index is 11.4. The predicted molar refractivity (Wildman–Crippen MR) is 133 cm³/mol. The predicted octanol–water partition coefficient (Wildman–Crippen LogP) is 3.92. The van der Waals surface area contributed by atoms with E-state index in [-0.39, 0.29) is 41.2 Å². The van der Waals surface area contributed by atoms with Crippen LogP contribution in [0.5, 0.6) is 5.75 Å². The van der Waals surface area contributed by atoms with Crippen LogP contribution < -0.4 is 15.4 Å². The van der Waals surface area contributed by atoms with Crippen molar-refractivity contribution < 1.29 is 13.2 Å². The fourth-order valence-electron chi connectivity index (χ4n) is 2.49. The summed E-state index contributed by atoms with van der Waals surface area (Å²) in [6, 6.07) is 6.21. The molecule has 2 N–H and O–H groups in total. The third kappa shape index (κ3) is 11.7. The molecule has 0 aliphatic heterocycles. The fourth-order valence-corrected chi connectivity index (χ4v) is 3.41. The quantitative estimate of drug-likeness (QED) is 0.268. The van der Waals surface area contributed by atoms with Crippen molar-refractivity contribution in [1.82, 2.24) is 10.6 Å². The molecule has 0 aromatic heterocycles. The second-order valence-corrected chi connectivity index (χ2v) is 10.5. The maximum atomic E-state index is 11.4. The van der Waals surface area contributed by atoms with Crippen LogP contribution in [0, 0.1) is 12.3 Å². The Morgan fingerprint density at radius 2 is 1.93 bits per heavy atom. The minimum absolute atomic E-state index is 0. The summed E-state index contributed by atoms with van der Waals surface area (Å²) in [5.74, 6) is 1.76. The van der Waals surface area contributed by atoms with Gasteiger partial charge < -0.3 is 15.4 Å². The molecule has 0 spiro atoms. The summed E-state index contributed by atoms with van der Waals surface area (Å²) in [4.78, 5) is 4.27. The molecule has 1 aromatic rings. The normalized spacial score (nSPS) is 13.4. The van der Waals surface area contributed by atoms with Crippen molar-refractivity contribution in [2.45, 2.75) is 60.1 Å². The highest BCUT2D eigenvalue weighted by Crippen LogP contribution is 2.22. The first-order chi connectivity index (χ1) is 13.0. The summed E-state index contributed by atoms with van der Waals surface area (Å²) in [7, 11) is -1.23. The minimum atomic E-state index is -2.96. The zero-order valence-corrected chi connectivity index (χ0v) is 22.0. The first-order valence-electron chi connectivity index (χ1n) is 9.84. The molecule has 1 rings (SSSR count). The van der Waals surface area contributed by atoms with E-state index in [1.807, 2.05) is 0 Å². The number of nitrogens with zero attached hydrogens (tertiary/aromatic N) is 1. The van der Waals surface area contributed by atoms with E-state index in [9.17, 15) is 8.42 Å². The van der Waals surface area contributed by atoms with E-state index in [1.165, 1.54) is 6.26 Å². The molecule has 29 heavy (non-hydrogen) atoms. The van der Waals surface area contributed by atoms with Crippen molar-refractivity contribution in [3.63, 3.8) is 0 Å². The molecule has 1 unspecified atom stereocenters. The summed E-state index contributed by atoms with van der Waals surface area (Å²) in [5, 5.41) is 6.62. The zero-order valence-electron chi connectivity index (χ0n) is 18.8. The van der Waals surface area contributed by atoms with Crippen LogP contribution in [0.1, 0.15) is 51.7 Å². The molecule has 168 valence electrons. The van der Waals surface area contributed by atoms with E-state index in [1.54, 1.807) is 7.05 Å². The van der Waals surface area contributed by atoms with Crippen molar-refractivity contribution in [1.29, 1.82) is 0 Å². The Bertz CT molecular complexity index is 764. The van der Waals surface area contributed by atoms with Gasteiger partial charge in [0.1, 0.15) is 15.6 Å². The number of nitrogens with one attached hydrogen (secondary N) is 2. The van der Waals surface area contributed by atoms with Crippen LogP contribution in [-0.4, -0.2) is 46.1 Å². The van der Waals surface area contributed by atoms with E-state index < -0.39 is 9.84 Å². The van der Waals surface area contributed by atoms with Crippen LogP contribution in [0.15, 0.2) is 23.2 Å². The van der Waals surface area contributed by atoms with Crippen molar-refractivity contribution in [2.24, 2.45) is 10.4 Å². The lowest BCUT2D eigenvalue weighted by Crippen LogP contribution is -2.42. The van der Waals surface area contributed by atoms with Gasteiger partial charge in [0.15, 0.2) is 5.96 Å². The van der Waals surface area contributed by atoms with Gasteiger partial charge in [-0.25, -0.2) is 8.42 Å². The molecule has 0 radical (unpaired) electrons. The van der Waals surface area contributed by atoms with E-state index >= 15 is 0 Å². The molecule has 0 aliphatic carbocycles. The van der Waals surface area contributed by atoms with Crippen LogP contribution in [0.4, 0.5) is 0 Å². The molecule has 8 heteroatoms.